The van der Waals surface area contributed by atoms with E-state index in [2.05, 4.69) is 15.6 Å². The lowest BCUT2D eigenvalue weighted by atomic mass is 10.1. The molecule has 0 saturated carbocycles. The molecule has 0 aliphatic carbocycles. The zero-order valence-corrected chi connectivity index (χ0v) is 17.5. The molecule has 5 aromatic rings. The Balaban J connectivity index is 1.42. The van der Waals surface area contributed by atoms with E-state index in [-0.39, 0.29) is 11.8 Å². The van der Waals surface area contributed by atoms with E-state index in [1.54, 1.807) is 6.20 Å². The predicted molar refractivity (Wildman–Crippen MR) is 120 cm³/mol. The molecular formula is C22H15ClN5O2S+. The van der Waals surface area contributed by atoms with Crippen molar-refractivity contribution in [1.29, 1.82) is 0 Å². The third kappa shape index (κ3) is 3.74. The molecule has 152 valence electrons. The van der Waals surface area contributed by atoms with Crippen molar-refractivity contribution < 1.29 is 14.0 Å². The highest BCUT2D eigenvalue weighted by Crippen LogP contribution is 2.34. The van der Waals surface area contributed by atoms with E-state index in [4.69, 9.17) is 21.9 Å². The summed E-state index contributed by atoms with van der Waals surface area (Å²) >= 11 is 7.19. The van der Waals surface area contributed by atoms with Crippen molar-refractivity contribution in [3.05, 3.63) is 82.8 Å². The van der Waals surface area contributed by atoms with Gasteiger partial charge < -0.3 is 5.73 Å². The summed E-state index contributed by atoms with van der Waals surface area (Å²) in [6, 6.07) is 20.6. The molecule has 0 saturated heterocycles. The Morgan fingerprint density at radius 2 is 1.84 bits per heavy atom. The van der Waals surface area contributed by atoms with Crippen molar-refractivity contribution in [1.82, 2.24) is 10.3 Å². The van der Waals surface area contributed by atoms with Crippen molar-refractivity contribution in [2.24, 2.45) is 0 Å². The van der Waals surface area contributed by atoms with Crippen LogP contribution in [0.2, 0.25) is 5.02 Å². The third-order valence-electron chi connectivity index (χ3n) is 4.66. The summed E-state index contributed by atoms with van der Waals surface area (Å²) in [5, 5.41) is 8.01. The summed E-state index contributed by atoms with van der Waals surface area (Å²) in [6.45, 7) is 0. The Morgan fingerprint density at radius 1 is 1.06 bits per heavy atom. The van der Waals surface area contributed by atoms with E-state index >= 15 is 0 Å². The Kier molecular flexibility index (Phi) is 4.85. The van der Waals surface area contributed by atoms with E-state index in [1.807, 2.05) is 66.7 Å². The van der Waals surface area contributed by atoms with Crippen LogP contribution in [0.5, 0.6) is 0 Å². The second-order valence-electron chi connectivity index (χ2n) is 6.70. The first-order valence-corrected chi connectivity index (χ1v) is 10.5. The molecule has 1 amide bonds. The first-order chi connectivity index (χ1) is 15.1. The van der Waals surface area contributed by atoms with Crippen molar-refractivity contribution in [2.75, 3.05) is 11.1 Å². The molecule has 0 spiro atoms. The molecule has 3 N–H and O–H groups in total. The van der Waals surface area contributed by atoms with Gasteiger partial charge in [-0.3, -0.25) is 14.6 Å². The SMILES string of the molecule is Nc1c(C(=O)Nc2c[n+](-c3ccccc3)no2)sc2nc(-c3ccc(Cl)cc3)ccc12. The molecule has 31 heavy (non-hydrogen) atoms. The van der Waals surface area contributed by atoms with Crippen molar-refractivity contribution >= 4 is 50.6 Å². The van der Waals surface area contributed by atoms with Gasteiger partial charge in [-0.05, 0) is 28.9 Å². The number of rotatable bonds is 4. The Bertz CT molecular complexity index is 1400. The number of anilines is 2. The Morgan fingerprint density at radius 3 is 2.61 bits per heavy atom. The molecule has 0 radical (unpaired) electrons. The highest BCUT2D eigenvalue weighted by Gasteiger charge is 2.22. The molecule has 0 aliphatic rings. The number of nitrogen functional groups attached to an aromatic ring is 1. The molecule has 0 aliphatic heterocycles. The zero-order valence-electron chi connectivity index (χ0n) is 15.9. The minimum atomic E-state index is -0.384. The number of aromatic nitrogens is 3. The van der Waals surface area contributed by atoms with Crippen LogP contribution < -0.4 is 15.7 Å². The number of nitrogens with zero attached hydrogens (tertiary/aromatic N) is 3. The molecule has 5 rings (SSSR count). The van der Waals surface area contributed by atoms with Gasteiger partial charge in [0.15, 0.2) is 0 Å². The fourth-order valence-corrected chi connectivity index (χ4v) is 4.23. The lowest BCUT2D eigenvalue weighted by Gasteiger charge is -2.01. The van der Waals surface area contributed by atoms with Crippen LogP contribution in [-0.4, -0.2) is 16.2 Å². The minimum absolute atomic E-state index is 0.209. The number of nitrogens with two attached hydrogens (primary N) is 1. The van der Waals surface area contributed by atoms with Crippen LogP contribution in [0.3, 0.4) is 0 Å². The summed E-state index contributed by atoms with van der Waals surface area (Å²) in [7, 11) is 0. The van der Waals surface area contributed by atoms with Gasteiger partial charge in [0.2, 0.25) is 11.0 Å². The first kappa shape index (κ1) is 19.2. The van der Waals surface area contributed by atoms with Gasteiger partial charge in [0.25, 0.3) is 12.1 Å². The fraction of sp³-hybridized carbons (Fsp3) is 0. The van der Waals surface area contributed by atoms with Crippen LogP contribution >= 0.6 is 22.9 Å². The lowest BCUT2D eigenvalue weighted by molar-refractivity contribution is -0.670. The molecule has 0 atom stereocenters. The molecular weight excluding hydrogens is 434 g/mol. The number of para-hydroxylation sites is 1. The summed E-state index contributed by atoms with van der Waals surface area (Å²) in [6.07, 6.45) is 1.59. The summed E-state index contributed by atoms with van der Waals surface area (Å²) in [5.74, 6) is -0.176. The van der Waals surface area contributed by atoms with Crippen molar-refractivity contribution in [3.8, 4) is 16.9 Å². The Hall–Kier alpha value is -3.75. The largest absolute Gasteiger partial charge is 0.397 e. The van der Waals surface area contributed by atoms with Crippen LogP contribution in [0.25, 0.3) is 27.2 Å². The molecule has 0 bridgehead atoms. The molecule has 7 nitrogen and oxygen atoms in total. The van der Waals surface area contributed by atoms with Gasteiger partial charge in [-0.15, -0.1) is 11.3 Å². The molecule has 3 aromatic heterocycles. The van der Waals surface area contributed by atoms with E-state index < -0.39 is 0 Å². The zero-order chi connectivity index (χ0) is 21.4. The number of nitrogens with one attached hydrogen (secondary N) is 1. The number of pyridine rings is 1. The average molecular weight is 449 g/mol. The van der Waals surface area contributed by atoms with Crippen LogP contribution in [0.1, 0.15) is 9.67 Å². The highest BCUT2D eigenvalue weighted by atomic mass is 35.5. The average Bonchev–Trinajstić information content (AvgIpc) is 3.39. The summed E-state index contributed by atoms with van der Waals surface area (Å²) in [5.41, 5.74) is 9.13. The third-order valence-corrected chi connectivity index (χ3v) is 6.03. The molecule has 0 fully saturated rings. The van der Waals surface area contributed by atoms with Crippen molar-refractivity contribution in [2.45, 2.75) is 0 Å². The van der Waals surface area contributed by atoms with Gasteiger partial charge in [0.05, 0.1) is 11.4 Å². The predicted octanol–water partition coefficient (Wildman–Crippen LogP) is 4.72. The van der Waals surface area contributed by atoms with E-state index in [0.717, 1.165) is 22.3 Å². The number of hydrogen-bond donors (Lipinski definition) is 2. The van der Waals surface area contributed by atoms with Crippen LogP contribution in [0.15, 0.2) is 77.4 Å². The number of benzene rings is 2. The van der Waals surface area contributed by atoms with E-state index in [1.165, 1.54) is 16.0 Å². The number of amides is 1. The Labute approximate surface area is 185 Å². The van der Waals surface area contributed by atoms with Gasteiger partial charge in [0.1, 0.15) is 9.71 Å². The number of carbonyl (C=O) groups is 1. The number of carbonyl (C=O) groups excluding carboxylic acids is 1. The second kappa shape index (κ2) is 7.82. The monoisotopic (exact) mass is 448 g/mol. The molecule has 0 unspecified atom stereocenters. The quantitative estimate of drug-likeness (QED) is 0.388. The summed E-state index contributed by atoms with van der Waals surface area (Å²) in [4.78, 5) is 18.5. The molecule has 9 heteroatoms. The summed E-state index contributed by atoms with van der Waals surface area (Å²) < 4.78 is 6.76. The number of thiophene rings is 1. The van der Waals surface area contributed by atoms with E-state index in [0.29, 0.717) is 20.4 Å². The first-order valence-electron chi connectivity index (χ1n) is 9.29. The maximum Gasteiger partial charge on any atom is 0.303 e. The maximum atomic E-state index is 12.8. The van der Waals surface area contributed by atoms with Gasteiger partial charge in [-0.25, -0.2) is 4.98 Å². The van der Waals surface area contributed by atoms with Crippen LogP contribution in [0, 0.1) is 0 Å². The number of hydrogen-bond acceptors (Lipinski definition) is 6. The maximum absolute atomic E-state index is 12.8. The van der Waals surface area contributed by atoms with E-state index in [9.17, 15) is 4.79 Å². The smallest absolute Gasteiger partial charge is 0.303 e. The van der Waals surface area contributed by atoms with Gasteiger partial charge in [0, 0.05) is 28.1 Å². The topological polar surface area (TPSA) is 97.9 Å². The highest BCUT2D eigenvalue weighted by molar-refractivity contribution is 7.21. The van der Waals surface area contributed by atoms with Gasteiger partial charge in [-0.1, -0.05) is 41.9 Å². The number of fused-ring (bicyclic) bond motifs is 1. The standard InChI is InChI=1S/C22H14ClN5O2S/c23-14-8-6-13(7-9-14)17-11-10-16-19(24)20(31-22(16)25-17)21(29)26-18-12-28(27-30-18)15-4-2-1-3-5-15/h1-12H,(H2-,24,26,27,29)/p+1. The van der Waals surface area contributed by atoms with Crippen LogP contribution in [0.4, 0.5) is 11.6 Å². The number of halogens is 1. The van der Waals surface area contributed by atoms with Crippen LogP contribution in [-0.2, 0) is 0 Å². The fourth-order valence-electron chi connectivity index (χ4n) is 3.12. The minimum Gasteiger partial charge on any atom is -0.397 e. The van der Waals surface area contributed by atoms with Gasteiger partial charge >= 0.3 is 5.88 Å². The van der Waals surface area contributed by atoms with Crippen molar-refractivity contribution in [3.63, 3.8) is 0 Å². The molecule has 3 heterocycles. The lowest BCUT2D eigenvalue weighted by Crippen LogP contribution is -2.31. The molecule has 2 aromatic carbocycles. The second-order valence-corrected chi connectivity index (χ2v) is 8.14. The normalized spacial score (nSPS) is 11.0. The van der Waals surface area contributed by atoms with Gasteiger partial charge in [-0.2, -0.15) is 0 Å².